The molecule has 1 aromatic carbocycles. The lowest BCUT2D eigenvalue weighted by Gasteiger charge is -2.17. The second-order valence-corrected chi connectivity index (χ2v) is 5.30. The summed E-state index contributed by atoms with van der Waals surface area (Å²) in [6, 6.07) is 4.17. The smallest absolute Gasteiger partial charge is 0.328 e. The standard InChI is InChI=1S/C16H20ClNO6/c1-22-13-5-4-10(8-11(13)17)9-12(16(21)24-3)18-14(19)6-7-15(20)23-2/h4-5,8,12H,6-7,9H2,1-3H3,(H,18,19)/t12-/m0/s1. The van der Waals surface area contributed by atoms with Gasteiger partial charge in [-0.1, -0.05) is 17.7 Å². The Morgan fingerprint density at radius 3 is 2.38 bits per heavy atom. The van der Waals surface area contributed by atoms with Gasteiger partial charge >= 0.3 is 11.9 Å². The van der Waals surface area contributed by atoms with Crippen molar-refractivity contribution in [3.63, 3.8) is 0 Å². The van der Waals surface area contributed by atoms with E-state index in [1.54, 1.807) is 18.2 Å². The molecule has 1 amide bonds. The van der Waals surface area contributed by atoms with Crippen LogP contribution in [0.25, 0.3) is 0 Å². The summed E-state index contributed by atoms with van der Waals surface area (Å²) in [6.45, 7) is 0. The number of nitrogens with one attached hydrogen (secondary N) is 1. The van der Waals surface area contributed by atoms with Gasteiger partial charge in [0.2, 0.25) is 5.91 Å². The largest absolute Gasteiger partial charge is 0.495 e. The highest BCUT2D eigenvalue weighted by Crippen LogP contribution is 2.25. The lowest BCUT2D eigenvalue weighted by atomic mass is 10.1. The predicted octanol–water partition coefficient (Wildman–Crippen LogP) is 1.50. The Hall–Kier alpha value is -2.28. The Labute approximate surface area is 145 Å². The number of rotatable bonds is 8. The van der Waals surface area contributed by atoms with Crippen molar-refractivity contribution in [2.75, 3.05) is 21.3 Å². The first-order valence-corrected chi connectivity index (χ1v) is 7.55. The van der Waals surface area contributed by atoms with Crippen LogP contribution in [0.15, 0.2) is 18.2 Å². The molecule has 0 saturated heterocycles. The summed E-state index contributed by atoms with van der Waals surface area (Å²) in [5.74, 6) is -1.03. The van der Waals surface area contributed by atoms with Gasteiger partial charge < -0.3 is 19.5 Å². The molecule has 0 aliphatic carbocycles. The van der Waals surface area contributed by atoms with Crippen molar-refractivity contribution in [3.05, 3.63) is 28.8 Å². The third-order valence-corrected chi connectivity index (χ3v) is 3.56. The second-order valence-electron chi connectivity index (χ2n) is 4.89. The number of carbonyl (C=O) groups excluding carboxylic acids is 3. The van der Waals surface area contributed by atoms with Crippen molar-refractivity contribution in [1.29, 1.82) is 0 Å². The first-order chi connectivity index (χ1) is 11.4. The van der Waals surface area contributed by atoms with Gasteiger partial charge in [0.25, 0.3) is 0 Å². The molecule has 0 saturated carbocycles. The molecule has 0 unspecified atom stereocenters. The van der Waals surface area contributed by atoms with Gasteiger partial charge in [-0.3, -0.25) is 9.59 Å². The Kier molecular flexibility index (Phi) is 8.05. The van der Waals surface area contributed by atoms with E-state index in [1.807, 2.05) is 0 Å². The number of esters is 2. The van der Waals surface area contributed by atoms with Crippen LogP contribution >= 0.6 is 11.6 Å². The second kappa shape index (κ2) is 9.77. The quantitative estimate of drug-likeness (QED) is 0.709. The number of amides is 1. The van der Waals surface area contributed by atoms with E-state index in [0.29, 0.717) is 10.8 Å². The van der Waals surface area contributed by atoms with Crippen LogP contribution in [0.3, 0.4) is 0 Å². The molecule has 24 heavy (non-hydrogen) atoms. The van der Waals surface area contributed by atoms with E-state index in [-0.39, 0.29) is 19.3 Å². The van der Waals surface area contributed by atoms with E-state index in [1.165, 1.54) is 21.3 Å². The molecule has 0 fully saturated rings. The normalized spacial score (nSPS) is 11.3. The maximum absolute atomic E-state index is 11.9. The summed E-state index contributed by atoms with van der Waals surface area (Å²) in [7, 11) is 3.97. The minimum Gasteiger partial charge on any atom is -0.495 e. The zero-order chi connectivity index (χ0) is 18.1. The van der Waals surface area contributed by atoms with Crippen LogP contribution in [0.5, 0.6) is 5.75 Å². The lowest BCUT2D eigenvalue weighted by Crippen LogP contribution is -2.43. The molecule has 0 bridgehead atoms. The topological polar surface area (TPSA) is 90.9 Å². The van der Waals surface area contributed by atoms with E-state index < -0.39 is 23.9 Å². The van der Waals surface area contributed by atoms with Crippen LogP contribution in [-0.2, 0) is 30.3 Å². The summed E-state index contributed by atoms with van der Waals surface area (Å²) in [5.41, 5.74) is 0.726. The average Bonchev–Trinajstić information content (AvgIpc) is 2.58. The number of hydrogen-bond acceptors (Lipinski definition) is 6. The number of halogens is 1. The fraction of sp³-hybridized carbons (Fsp3) is 0.438. The van der Waals surface area contributed by atoms with Crippen LogP contribution in [0.1, 0.15) is 18.4 Å². The summed E-state index contributed by atoms with van der Waals surface area (Å²) in [4.78, 5) is 34.8. The average molecular weight is 358 g/mol. The fourth-order valence-electron chi connectivity index (χ4n) is 1.99. The molecular formula is C16H20ClNO6. The highest BCUT2D eigenvalue weighted by molar-refractivity contribution is 6.32. The number of ether oxygens (including phenoxy) is 3. The molecule has 1 aromatic rings. The minimum absolute atomic E-state index is 0.0649. The van der Waals surface area contributed by atoms with Crippen molar-refractivity contribution in [1.82, 2.24) is 5.32 Å². The summed E-state index contributed by atoms with van der Waals surface area (Å²) < 4.78 is 14.2. The molecule has 1 rings (SSSR count). The predicted molar refractivity (Wildman–Crippen MR) is 86.9 cm³/mol. The third-order valence-electron chi connectivity index (χ3n) is 3.26. The van der Waals surface area contributed by atoms with Crippen LogP contribution in [0, 0.1) is 0 Å². The number of carbonyl (C=O) groups is 3. The van der Waals surface area contributed by atoms with Crippen LogP contribution in [0.4, 0.5) is 0 Å². The summed E-state index contributed by atoms with van der Waals surface area (Å²) >= 11 is 6.05. The van der Waals surface area contributed by atoms with Crippen molar-refractivity contribution in [2.24, 2.45) is 0 Å². The molecule has 1 atom stereocenters. The first-order valence-electron chi connectivity index (χ1n) is 7.17. The Morgan fingerprint density at radius 1 is 1.12 bits per heavy atom. The van der Waals surface area contributed by atoms with Gasteiger partial charge in [0.05, 0.1) is 32.8 Å². The maximum Gasteiger partial charge on any atom is 0.328 e. The van der Waals surface area contributed by atoms with Crippen molar-refractivity contribution >= 4 is 29.4 Å². The van der Waals surface area contributed by atoms with Gasteiger partial charge in [-0.25, -0.2) is 4.79 Å². The fourth-order valence-corrected chi connectivity index (χ4v) is 2.27. The van der Waals surface area contributed by atoms with Crippen molar-refractivity contribution in [2.45, 2.75) is 25.3 Å². The molecule has 1 N–H and O–H groups in total. The first kappa shape index (κ1) is 19.8. The number of benzene rings is 1. The molecule has 0 radical (unpaired) electrons. The van der Waals surface area contributed by atoms with E-state index in [2.05, 4.69) is 10.1 Å². The van der Waals surface area contributed by atoms with Crippen LogP contribution in [0.2, 0.25) is 5.02 Å². The molecule has 0 aromatic heterocycles. The van der Waals surface area contributed by atoms with Gasteiger partial charge in [-0.15, -0.1) is 0 Å². The minimum atomic E-state index is -0.885. The highest BCUT2D eigenvalue weighted by atomic mass is 35.5. The Balaban J connectivity index is 2.75. The molecule has 0 aliphatic rings. The number of methoxy groups -OCH3 is 3. The monoisotopic (exact) mass is 357 g/mol. The Bertz CT molecular complexity index is 604. The molecule has 0 aliphatic heterocycles. The lowest BCUT2D eigenvalue weighted by molar-refractivity contribution is -0.145. The molecule has 132 valence electrons. The highest BCUT2D eigenvalue weighted by Gasteiger charge is 2.22. The van der Waals surface area contributed by atoms with Crippen molar-refractivity contribution < 1.29 is 28.6 Å². The SMILES string of the molecule is COC(=O)CCC(=O)N[C@@H](Cc1ccc(OC)c(Cl)c1)C(=O)OC. The van der Waals surface area contributed by atoms with Crippen LogP contribution < -0.4 is 10.1 Å². The summed E-state index contributed by atoms with van der Waals surface area (Å²) in [5, 5.41) is 2.95. The summed E-state index contributed by atoms with van der Waals surface area (Å²) in [6.07, 6.45) is 0.0501. The van der Waals surface area contributed by atoms with Crippen molar-refractivity contribution in [3.8, 4) is 5.75 Å². The molecule has 0 spiro atoms. The number of hydrogen-bond donors (Lipinski definition) is 1. The van der Waals surface area contributed by atoms with Gasteiger partial charge in [-0.2, -0.15) is 0 Å². The van der Waals surface area contributed by atoms with Gasteiger partial charge in [0.1, 0.15) is 11.8 Å². The van der Waals surface area contributed by atoms with E-state index in [4.69, 9.17) is 21.1 Å². The molecule has 7 nitrogen and oxygen atoms in total. The van der Waals surface area contributed by atoms with Gasteiger partial charge in [-0.05, 0) is 17.7 Å². The molecule has 0 heterocycles. The third kappa shape index (κ3) is 6.08. The van der Waals surface area contributed by atoms with E-state index >= 15 is 0 Å². The van der Waals surface area contributed by atoms with Gasteiger partial charge in [0.15, 0.2) is 0 Å². The molecular weight excluding hydrogens is 338 g/mol. The molecule has 8 heteroatoms. The maximum atomic E-state index is 11.9. The zero-order valence-corrected chi connectivity index (χ0v) is 14.5. The zero-order valence-electron chi connectivity index (χ0n) is 13.8. The van der Waals surface area contributed by atoms with E-state index in [9.17, 15) is 14.4 Å². The van der Waals surface area contributed by atoms with Crippen LogP contribution in [-0.4, -0.2) is 45.2 Å². The Morgan fingerprint density at radius 2 is 1.83 bits per heavy atom. The van der Waals surface area contributed by atoms with E-state index in [0.717, 1.165) is 5.56 Å². The van der Waals surface area contributed by atoms with Gasteiger partial charge in [0, 0.05) is 12.8 Å².